The van der Waals surface area contributed by atoms with Crippen LogP contribution >= 0.6 is 0 Å². The summed E-state index contributed by atoms with van der Waals surface area (Å²) in [7, 11) is 0. The quantitative estimate of drug-likeness (QED) is 0.795. The van der Waals surface area contributed by atoms with Gasteiger partial charge in [0.1, 0.15) is 12.7 Å². The van der Waals surface area contributed by atoms with Gasteiger partial charge in [-0.15, -0.1) is 0 Å². The number of ether oxygens (including phenoxy) is 2. The van der Waals surface area contributed by atoms with Crippen LogP contribution in [-0.2, 0) is 0 Å². The molecule has 16 heavy (non-hydrogen) atoms. The van der Waals surface area contributed by atoms with Crippen LogP contribution in [0.15, 0.2) is 24.3 Å². The molecule has 1 aromatic carbocycles. The van der Waals surface area contributed by atoms with Gasteiger partial charge in [-0.3, -0.25) is 0 Å². The van der Waals surface area contributed by atoms with E-state index in [1.807, 2.05) is 24.3 Å². The largest absolute Gasteiger partial charge is 0.486 e. The van der Waals surface area contributed by atoms with Crippen LogP contribution < -0.4 is 9.47 Å². The van der Waals surface area contributed by atoms with E-state index in [1.165, 1.54) is 0 Å². The summed E-state index contributed by atoms with van der Waals surface area (Å²) in [5.41, 5.74) is 0. The van der Waals surface area contributed by atoms with Gasteiger partial charge in [0.2, 0.25) is 0 Å². The molecule has 0 aromatic heterocycles. The second kappa shape index (κ2) is 5.18. The summed E-state index contributed by atoms with van der Waals surface area (Å²) in [6.45, 7) is 0.406. The molecule has 4 heteroatoms. The van der Waals surface area contributed by atoms with Crippen molar-refractivity contribution in [3.8, 4) is 11.5 Å². The zero-order valence-electron chi connectivity index (χ0n) is 9.00. The molecule has 2 rings (SSSR count). The highest BCUT2D eigenvalue weighted by Crippen LogP contribution is 2.32. The first-order chi connectivity index (χ1) is 7.83. The average molecular weight is 224 g/mol. The van der Waals surface area contributed by atoms with Crippen molar-refractivity contribution >= 4 is 0 Å². The van der Waals surface area contributed by atoms with Crippen LogP contribution in [0.2, 0.25) is 0 Å². The summed E-state index contributed by atoms with van der Waals surface area (Å²) >= 11 is 0. The molecule has 0 aliphatic carbocycles. The molecular formula is C12H16O4. The Bertz CT molecular complexity index is 336. The molecule has 0 spiro atoms. The van der Waals surface area contributed by atoms with Crippen LogP contribution in [0.25, 0.3) is 0 Å². The zero-order valence-corrected chi connectivity index (χ0v) is 9.00. The highest BCUT2D eigenvalue weighted by molar-refractivity contribution is 5.40. The van der Waals surface area contributed by atoms with E-state index in [1.54, 1.807) is 0 Å². The molecule has 0 radical (unpaired) electrons. The molecule has 2 N–H and O–H groups in total. The summed E-state index contributed by atoms with van der Waals surface area (Å²) in [5.74, 6) is 1.34. The number of rotatable bonds is 4. The first kappa shape index (κ1) is 11.2. The summed E-state index contributed by atoms with van der Waals surface area (Å²) in [6, 6.07) is 7.50. The third-order valence-electron chi connectivity index (χ3n) is 2.68. The van der Waals surface area contributed by atoms with Crippen LogP contribution in [0.5, 0.6) is 11.5 Å². The van der Waals surface area contributed by atoms with Gasteiger partial charge >= 0.3 is 0 Å². The molecule has 0 bridgehead atoms. The molecule has 0 fully saturated rings. The summed E-state index contributed by atoms with van der Waals surface area (Å²) < 4.78 is 11.3. The number of hydrogen-bond donors (Lipinski definition) is 2. The summed E-state index contributed by atoms with van der Waals surface area (Å²) in [5, 5.41) is 18.0. The van der Waals surface area contributed by atoms with E-state index < -0.39 is 0 Å². The molecule has 0 amide bonds. The van der Waals surface area contributed by atoms with Crippen molar-refractivity contribution in [1.82, 2.24) is 0 Å². The van der Waals surface area contributed by atoms with E-state index in [-0.39, 0.29) is 25.2 Å². The Balaban J connectivity index is 1.97. The second-order valence-corrected chi connectivity index (χ2v) is 3.96. The number of aliphatic hydroxyl groups is 2. The number of benzene rings is 1. The van der Waals surface area contributed by atoms with E-state index in [2.05, 4.69) is 0 Å². The molecule has 0 saturated heterocycles. The van der Waals surface area contributed by atoms with E-state index in [0.717, 1.165) is 11.5 Å². The lowest BCUT2D eigenvalue weighted by Crippen LogP contribution is -2.32. The number of para-hydroxylation sites is 2. The predicted molar refractivity (Wildman–Crippen MR) is 58.6 cm³/mol. The Labute approximate surface area is 94.4 Å². The minimum Gasteiger partial charge on any atom is -0.486 e. The molecular weight excluding hydrogens is 208 g/mol. The highest BCUT2D eigenvalue weighted by Gasteiger charge is 2.23. The van der Waals surface area contributed by atoms with Gasteiger partial charge in [-0.25, -0.2) is 0 Å². The lowest BCUT2D eigenvalue weighted by Gasteiger charge is -2.28. The van der Waals surface area contributed by atoms with Crippen molar-refractivity contribution < 1.29 is 19.7 Å². The van der Waals surface area contributed by atoms with E-state index in [9.17, 15) is 0 Å². The Morgan fingerprint density at radius 3 is 2.56 bits per heavy atom. The molecule has 1 aliphatic rings. The van der Waals surface area contributed by atoms with E-state index in [0.29, 0.717) is 13.0 Å². The van der Waals surface area contributed by atoms with Gasteiger partial charge in [0.25, 0.3) is 0 Å². The van der Waals surface area contributed by atoms with Gasteiger partial charge in [-0.1, -0.05) is 12.1 Å². The topological polar surface area (TPSA) is 58.9 Å². The van der Waals surface area contributed by atoms with Gasteiger partial charge in [-0.05, 0) is 18.6 Å². The SMILES string of the molecule is OCC(CO)C[C@@H]1COc2ccccc2O1. The second-order valence-electron chi connectivity index (χ2n) is 3.96. The fourth-order valence-electron chi connectivity index (χ4n) is 1.76. The van der Waals surface area contributed by atoms with Crippen LogP contribution in [0.3, 0.4) is 0 Å². The fourth-order valence-corrected chi connectivity index (χ4v) is 1.76. The Morgan fingerprint density at radius 2 is 1.88 bits per heavy atom. The van der Waals surface area contributed by atoms with Gasteiger partial charge in [0.15, 0.2) is 11.5 Å². The summed E-state index contributed by atoms with van der Waals surface area (Å²) in [4.78, 5) is 0. The standard InChI is InChI=1S/C12H16O4/c13-6-9(7-14)5-10-8-15-11-3-1-2-4-12(11)16-10/h1-4,9-10,13-14H,5-8H2/t10-/m1/s1. The van der Waals surface area contributed by atoms with Crippen molar-refractivity contribution in [2.45, 2.75) is 12.5 Å². The first-order valence-electron chi connectivity index (χ1n) is 5.43. The highest BCUT2D eigenvalue weighted by atomic mass is 16.6. The lowest BCUT2D eigenvalue weighted by atomic mass is 10.0. The Hall–Kier alpha value is -1.26. The third kappa shape index (κ3) is 2.46. The lowest BCUT2D eigenvalue weighted by molar-refractivity contribution is 0.0470. The molecule has 0 unspecified atom stereocenters. The van der Waals surface area contributed by atoms with Crippen LogP contribution in [0, 0.1) is 5.92 Å². The van der Waals surface area contributed by atoms with Crippen molar-refractivity contribution in [2.24, 2.45) is 5.92 Å². The minimum atomic E-state index is -0.140. The van der Waals surface area contributed by atoms with E-state index in [4.69, 9.17) is 19.7 Å². The maximum absolute atomic E-state index is 9.00. The van der Waals surface area contributed by atoms with E-state index >= 15 is 0 Å². The van der Waals surface area contributed by atoms with Gasteiger partial charge < -0.3 is 19.7 Å². The maximum Gasteiger partial charge on any atom is 0.161 e. The van der Waals surface area contributed by atoms with Crippen molar-refractivity contribution in [3.63, 3.8) is 0 Å². The van der Waals surface area contributed by atoms with Gasteiger partial charge in [0, 0.05) is 19.1 Å². The molecule has 1 aliphatic heterocycles. The van der Waals surface area contributed by atoms with Crippen LogP contribution in [0.1, 0.15) is 6.42 Å². The molecule has 1 atom stereocenters. The molecule has 0 saturated carbocycles. The number of fused-ring (bicyclic) bond motifs is 1. The molecule has 1 aromatic rings. The predicted octanol–water partition coefficient (Wildman–Crippen LogP) is 0.817. The molecule has 4 nitrogen and oxygen atoms in total. The van der Waals surface area contributed by atoms with Crippen molar-refractivity contribution in [3.05, 3.63) is 24.3 Å². The maximum atomic E-state index is 9.00. The van der Waals surface area contributed by atoms with Crippen LogP contribution in [0.4, 0.5) is 0 Å². The molecule has 1 heterocycles. The first-order valence-corrected chi connectivity index (χ1v) is 5.43. The average Bonchev–Trinajstić information content (AvgIpc) is 2.35. The number of aliphatic hydroxyl groups excluding tert-OH is 2. The number of hydrogen-bond acceptors (Lipinski definition) is 4. The fraction of sp³-hybridized carbons (Fsp3) is 0.500. The van der Waals surface area contributed by atoms with Crippen LogP contribution in [-0.4, -0.2) is 36.1 Å². The Morgan fingerprint density at radius 1 is 1.19 bits per heavy atom. The minimum absolute atomic E-state index is 0.0298. The molecule has 88 valence electrons. The normalized spacial score (nSPS) is 18.8. The summed E-state index contributed by atoms with van der Waals surface area (Å²) in [6.07, 6.45) is 0.501. The monoisotopic (exact) mass is 224 g/mol. The van der Waals surface area contributed by atoms with Gasteiger partial charge in [-0.2, -0.15) is 0 Å². The smallest absolute Gasteiger partial charge is 0.161 e. The van der Waals surface area contributed by atoms with Gasteiger partial charge in [0.05, 0.1) is 0 Å². The third-order valence-corrected chi connectivity index (χ3v) is 2.68. The van der Waals surface area contributed by atoms with Crippen molar-refractivity contribution in [2.75, 3.05) is 19.8 Å². The Kier molecular flexibility index (Phi) is 3.64. The van der Waals surface area contributed by atoms with Crippen molar-refractivity contribution in [1.29, 1.82) is 0 Å². The zero-order chi connectivity index (χ0) is 11.4.